The van der Waals surface area contributed by atoms with Crippen LogP contribution in [0.2, 0.25) is 5.02 Å². The van der Waals surface area contributed by atoms with Gasteiger partial charge in [-0.1, -0.05) is 23.7 Å². The molecule has 0 unspecified atom stereocenters. The number of halogens is 1. The molecule has 1 amide bonds. The first-order chi connectivity index (χ1) is 8.54. The molecule has 1 N–H and O–H groups in total. The van der Waals surface area contributed by atoms with Crippen molar-refractivity contribution >= 4 is 17.5 Å². The Bertz CT molecular complexity index is 376. The summed E-state index contributed by atoms with van der Waals surface area (Å²) in [7, 11) is 0. The molecule has 0 aliphatic heterocycles. The molecule has 0 aliphatic rings. The van der Waals surface area contributed by atoms with Crippen molar-refractivity contribution in [1.82, 2.24) is 4.90 Å². The number of hydrogen-bond acceptors (Lipinski definition) is 2. The monoisotopic (exact) mass is 269 g/mol. The van der Waals surface area contributed by atoms with Crippen LogP contribution in [-0.2, 0) is 11.2 Å². The summed E-state index contributed by atoms with van der Waals surface area (Å²) in [6.45, 7) is 4.67. The van der Waals surface area contributed by atoms with Gasteiger partial charge >= 0.3 is 0 Å². The van der Waals surface area contributed by atoms with Crippen molar-refractivity contribution in [2.24, 2.45) is 0 Å². The van der Waals surface area contributed by atoms with Crippen molar-refractivity contribution in [1.29, 1.82) is 0 Å². The van der Waals surface area contributed by atoms with Gasteiger partial charge < -0.3 is 10.0 Å². The molecule has 1 aromatic carbocycles. The predicted octanol–water partition coefficient (Wildman–Crippen LogP) is 2.50. The summed E-state index contributed by atoms with van der Waals surface area (Å²) >= 11 is 5.81. The van der Waals surface area contributed by atoms with Crippen LogP contribution >= 0.6 is 11.6 Å². The molecule has 0 heterocycles. The van der Waals surface area contributed by atoms with Crippen LogP contribution in [0.15, 0.2) is 24.3 Å². The minimum atomic E-state index is 0.0840. The molecular weight excluding hydrogens is 250 g/mol. The van der Waals surface area contributed by atoms with Crippen LogP contribution in [0.5, 0.6) is 0 Å². The lowest BCUT2D eigenvalue weighted by Crippen LogP contribution is -2.39. The molecule has 0 fully saturated rings. The lowest BCUT2D eigenvalue weighted by molar-refractivity contribution is -0.132. The zero-order chi connectivity index (χ0) is 13.5. The van der Waals surface area contributed by atoms with Gasteiger partial charge in [-0.25, -0.2) is 0 Å². The van der Waals surface area contributed by atoms with Crippen molar-refractivity contribution in [3.05, 3.63) is 34.9 Å². The van der Waals surface area contributed by atoms with Crippen molar-refractivity contribution in [3.63, 3.8) is 0 Å². The lowest BCUT2D eigenvalue weighted by Gasteiger charge is -2.26. The maximum Gasteiger partial charge on any atom is 0.227 e. The molecule has 3 nitrogen and oxygen atoms in total. The number of rotatable bonds is 6. The van der Waals surface area contributed by atoms with Crippen LogP contribution in [0.1, 0.15) is 25.8 Å². The van der Waals surface area contributed by atoms with Crippen LogP contribution in [-0.4, -0.2) is 35.1 Å². The van der Waals surface area contributed by atoms with Gasteiger partial charge in [0.15, 0.2) is 0 Å². The summed E-state index contributed by atoms with van der Waals surface area (Å²) in [6.07, 6.45) is 0.991. The van der Waals surface area contributed by atoms with E-state index >= 15 is 0 Å². The van der Waals surface area contributed by atoms with E-state index in [9.17, 15) is 4.79 Å². The SMILES string of the molecule is CC(C)N(CCCO)C(=O)Cc1ccc(Cl)cc1. The second-order valence-corrected chi connectivity index (χ2v) is 5.00. The Morgan fingerprint density at radius 3 is 2.44 bits per heavy atom. The lowest BCUT2D eigenvalue weighted by atomic mass is 10.1. The maximum absolute atomic E-state index is 12.2. The van der Waals surface area contributed by atoms with Gasteiger partial charge in [0.2, 0.25) is 5.91 Å². The first kappa shape index (κ1) is 15.0. The fraction of sp³-hybridized carbons (Fsp3) is 0.500. The Balaban J connectivity index is 2.63. The molecule has 0 bridgehead atoms. The van der Waals surface area contributed by atoms with Gasteiger partial charge in [0, 0.05) is 24.2 Å². The number of benzene rings is 1. The van der Waals surface area contributed by atoms with E-state index in [1.807, 2.05) is 26.0 Å². The van der Waals surface area contributed by atoms with Gasteiger partial charge in [-0.3, -0.25) is 4.79 Å². The second-order valence-electron chi connectivity index (χ2n) is 4.56. The van der Waals surface area contributed by atoms with E-state index in [1.54, 1.807) is 17.0 Å². The number of carbonyl (C=O) groups excluding carboxylic acids is 1. The molecule has 0 aromatic heterocycles. The van der Waals surface area contributed by atoms with Gasteiger partial charge in [-0.15, -0.1) is 0 Å². The smallest absolute Gasteiger partial charge is 0.227 e. The summed E-state index contributed by atoms with van der Waals surface area (Å²) in [5, 5.41) is 9.52. The Hall–Kier alpha value is -1.06. The van der Waals surface area contributed by atoms with E-state index in [0.717, 1.165) is 5.56 Å². The van der Waals surface area contributed by atoms with E-state index < -0.39 is 0 Å². The minimum Gasteiger partial charge on any atom is -0.396 e. The molecular formula is C14H20ClNO2. The van der Waals surface area contributed by atoms with Crippen LogP contribution in [0.25, 0.3) is 0 Å². The molecule has 100 valence electrons. The number of aliphatic hydroxyl groups is 1. The molecule has 0 aliphatic carbocycles. The standard InChI is InChI=1S/C14H20ClNO2/c1-11(2)16(8-3-9-17)14(18)10-12-4-6-13(15)7-5-12/h4-7,11,17H,3,8-10H2,1-2H3. The maximum atomic E-state index is 12.2. The number of aliphatic hydroxyl groups excluding tert-OH is 1. The van der Waals surface area contributed by atoms with E-state index in [-0.39, 0.29) is 18.6 Å². The van der Waals surface area contributed by atoms with Crippen molar-refractivity contribution in [2.45, 2.75) is 32.7 Å². The average molecular weight is 270 g/mol. The van der Waals surface area contributed by atoms with Crippen molar-refractivity contribution in [2.75, 3.05) is 13.2 Å². The summed E-state index contributed by atoms with van der Waals surface area (Å²) in [5.74, 6) is 0.0840. The summed E-state index contributed by atoms with van der Waals surface area (Å²) in [6, 6.07) is 7.46. The Morgan fingerprint density at radius 2 is 1.94 bits per heavy atom. The largest absolute Gasteiger partial charge is 0.396 e. The molecule has 0 saturated heterocycles. The molecule has 4 heteroatoms. The van der Waals surface area contributed by atoms with E-state index in [2.05, 4.69) is 0 Å². The molecule has 1 rings (SSSR count). The van der Waals surface area contributed by atoms with Gasteiger partial charge in [0.05, 0.1) is 6.42 Å². The average Bonchev–Trinajstić information content (AvgIpc) is 2.32. The number of amides is 1. The van der Waals surface area contributed by atoms with Crippen LogP contribution in [0.4, 0.5) is 0 Å². The van der Waals surface area contributed by atoms with Crippen molar-refractivity contribution in [3.8, 4) is 0 Å². The summed E-state index contributed by atoms with van der Waals surface area (Å²) in [5.41, 5.74) is 0.957. The molecule has 0 saturated carbocycles. The topological polar surface area (TPSA) is 40.5 Å². The zero-order valence-corrected chi connectivity index (χ0v) is 11.7. The molecule has 18 heavy (non-hydrogen) atoms. The zero-order valence-electron chi connectivity index (χ0n) is 10.9. The van der Waals surface area contributed by atoms with E-state index in [0.29, 0.717) is 24.4 Å². The van der Waals surface area contributed by atoms with E-state index in [1.165, 1.54) is 0 Å². The molecule has 1 aromatic rings. The third kappa shape index (κ3) is 4.67. The highest BCUT2D eigenvalue weighted by molar-refractivity contribution is 6.30. The number of carbonyl (C=O) groups is 1. The van der Waals surface area contributed by atoms with Crippen LogP contribution < -0.4 is 0 Å². The third-order valence-corrected chi connectivity index (χ3v) is 3.02. The first-order valence-electron chi connectivity index (χ1n) is 6.19. The van der Waals surface area contributed by atoms with E-state index in [4.69, 9.17) is 16.7 Å². The fourth-order valence-electron chi connectivity index (χ4n) is 1.79. The Kier molecular flexibility index (Phi) is 6.16. The van der Waals surface area contributed by atoms with Gasteiger partial charge in [0.1, 0.15) is 0 Å². The number of nitrogens with zero attached hydrogens (tertiary/aromatic N) is 1. The predicted molar refractivity (Wildman–Crippen MR) is 73.7 cm³/mol. The summed E-state index contributed by atoms with van der Waals surface area (Å²) in [4.78, 5) is 14.0. The Morgan fingerprint density at radius 1 is 1.33 bits per heavy atom. The fourth-order valence-corrected chi connectivity index (χ4v) is 1.92. The molecule has 0 spiro atoms. The quantitative estimate of drug-likeness (QED) is 0.862. The van der Waals surface area contributed by atoms with Crippen molar-refractivity contribution < 1.29 is 9.90 Å². The highest BCUT2D eigenvalue weighted by Gasteiger charge is 2.16. The second kappa shape index (κ2) is 7.39. The molecule has 0 atom stereocenters. The van der Waals surface area contributed by atoms with Gasteiger partial charge in [-0.05, 0) is 38.0 Å². The highest BCUT2D eigenvalue weighted by atomic mass is 35.5. The van der Waals surface area contributed by atoms with Gasteiger partial charge in [0.25, 0.3) is 0 Å². The highest BCUT2D eigenvalue weighted by Crippen LogP contribution is 2.12. The van der Waals surface area contributed by atoms with Gasteiger partial charge in [-0.2, -0.15) is 0 Å². The normalized spacial score (nSPS) is 10.7. The Labute approximate surface area is 113 Å². The number of hydrogen-bond donors (Lipinski definition) is 1. The van der Waals surface area contributed by atoms with Crippen LogP contribution in [0, 0.1) is 0 Å². The third-order valence-electron chi connectivity index (χ3n) is 2.77. The summed E-state index contributed by atoms with van der Waals surface area (Å²) < 4.78 is 0. The first-order valence-corrected chi connectivity index (χ1v) is 6.57. The minimum absolute atomic E-state index is 0.0840. The van der Waals surface area contributed by atoms with Crippen LogP contribution in [0.3, 0.4) is 0 Å². The molecule has 0 radical (unpaired) electrons.